The van der Waals surface area contributed by atoms with Crippen molar-refractivity contribution in [2.45, 2.75) is 50.2 Å². The average molecular weight is 181 g/mol. The fraction of sp³-hybridized carbons (Fsp3) is 1.00. The summed E-state index contributed by atoms with van der Waals surface area (Å²) in [6, 6.07) is 0. The molecule has 0 aromatic rings. The lowest BCUT2D eigenvalue weighted by Crippen LogP contribution is -2.25. The van der Waals surface area contributed by atoms with Gasteiger partial charge in [-0.25, -0.2) is 0 Å². The molecule has 2 rings (SSSR count). The van der Waals surface area contributed by atoms with Crippen LogP contribution in [-0.4, -0.2) is 18.2 Å². The summed E-state index contributed by atoms with van der Waals surface area (Å²) < 4.78 is 5.95. The number of nitrogens with zero attached hydrogens (tertiary/aromatic N) is 3. The number of rotatable bonds is 2. The van der Waals surface area contributed by atoms with Crippen molar-refractivity contribution in [3.8, 4) is 0 Å². The quantitative estimate of drug-likeness (QED) is 0.367. The van der Waals surface area contributed by atoms with Crippen molar-refractivity contribution in [3.05, 3.63) is 10.4 Å². The molecule has 2 aliphatic rings. The Morgan fingerprint density at radius 1 is 1.38 bits per heavy atom. The Hall–Kier alpha value is -0.730. The molecule has 0 radical (unpaired) electrons. The van der Waals surface area contributed by atoms with Gasteiger partial charge in [-0.2, -0.15) is 0 Å². The van der Waals surface area contributed by atoms with Gasteiger partial charge < -0.3 is 4.74 Å². The van der Waals surface area contributed by atoms with Crippen molar-refractivity contribution >= 4 is 0 Å². The lowest BCUT2D eigenvalue weighted by atomic mass is 9.98. The van der Waals surface area contributed by atoms with Crippen molar-refractivity contribution in [3.63, 3.8) is 0 Å². The molecule has 0 bridgehead atoms. The van der Waals surface area contributed by atoms with Gasteiger partial charge in [-0.3, -0.25) is 0 Å². The van der Waals surface area contributed by atoms with E-state index in [1.807, 2.05) is 0 Å². The van der Waals surface area contributed by atoms with E-state index in [0.29, 0.717) is 6.54 Å². The van der Waals surface area contributed by atoms with Crippen LogP contribution in [0.3, 0.4) is 0 Å². The predicted molar refractivity (Wildman–Crippen MR) is 49.3 cm³/mol. The van der Waals surface area contributed by atoms with Crippen LogP contribution < -0.4 is 0 Å². The number of hydrogen-bond acceptors (Lipinski definition) is 2. The van der Waals surface area contributed by atoms with Crippen LogP contribution >= 0.6 is 0 Å². The number of ether oxygens (including phenoxy) is 1. The lowest BCUT2D eigenvalue weighted by Gasteiger charge is -2.23. The molecule has 1 atom stereocenters. The van der Waals surface area contributed by atoms with Gasteiger partial charge in [0.15, 0.2) is 0 Å². The highest BCUT2D eigenvalue weighted by atomic mass is 16.5. The maximum absolute atomic E-state index is 8.19. The van der Waals surface area contributed by atoms with Crippen molar-refractivity contribution in [1.29, 1.82) is 0 Å². The average Bonchev–Trinajstić information content (AvgIpc) is 2.74. The van der Waals surface area contributed by atoms with Gasteiger partial charge in [-0.15, -0.1) is 0 Å². The zero-order valence-electron chi connectivity index (χ0n) is 7.78. The number of hydrogen-bond donors (Lipinski definition) is 0. The van der Waals surface area contributed by atoms with Crippen molar-refractivity contribution in [2.75, 3.05) is 6.54 Å². The van der Waals surface area contributed by atoms with E-state index in [-0.39, 0.29) is 11.7 Å². The van der Waals surface area contributed by atoms with Crippen LogP contribution in [-0.2, 0) is 4.74 Å². The molecular weight excluding hydrogens is 166 g/mol. The second-order valence-electron chi connectivity index (χ2n) is 4.08. The van der Waals surface area contributed by atoms with Gasteiger partial charge in [0.25, 0.3) is 0 Å². The molecule has 4 heteroatoms. The molecular formula is C9H15N3O. The zero-order valence-corrected chi connectivity index (χ0v) is 7.78. The summed E-state index contributed by atoms with van der Waals surface area (Å²) in [5.74, 6) is 0. The summed E-state index contributed by atoms with van der Waals surface area (Å²) in [6.07, 6.45) is 7.44. The maximum atomic E-state index is 8.19. The third-order valence-corrected chi connectivity index (χ3v) is 3.20. The van der Waals surface area contributed by atoms with Gasteiger partial charge in [0.05, 0.1) is 18.2 Å². The molecule has 2 fully saturated rings. The monoisotopic (exact) mass is 181 g/mol. The van der Waals surface area contributed by atoms with E-state index in [1.54, 1.807) is 0 Å². The summed E-state index contributed by atoms with van der Waals surface area (Å²) in [5, 5.41) is 3.56. The van der Waals surface area contributed by atoms with Gasteiger partial charge in [-0.1, -0.05) is 18.0 Å². The van der Waals surface area contributed by atoms with Crippen molar-refractivity contribution < 1.29 is 4.74 Å². The molecule has 0 aromatic carbocycles. The minimum atomic E-state index is 0.176. The highest BCUT2D eigenvalue weighted by molar-refractivity contribution is 4.93. The van der Waals surface area contributed by atoms with Gasteiger partial charge in [-0.05, 0) is 31.2 Å². The van der Waals surface area contributed by atoms with E-state index in [4.69, 9.17) is 10.3 Å². The lowest BCUT2D eigenvalue weighted by molar-refractivity contribution is -0.0321. The molecule has 1 unspecified atom stereocenters. The van der Waals surface area contributed by atoms with Gasteiger partial charge in [0.1, 0.15) is 0 Å². The summed E-state index contributed by atoms with van der Waals surface area (Å²) in [5.41, 5.74) is 8.36. The minimum Gasteiger partial charge on any atom is -0.372 e. The van der Waals surface area contributed by atoms with E-state index >= 15 is 0 Å². The molecule has 0 aromatic heterocycles. The summed E-state index contributed by atoms with van der Waals surface area (Å²) in [6.45, 7) is 0.512. The Kier molecular flexibility index (Phi) is 2.42. The molecule has 0 N–H and O–H groups in total. The van der Waals surface area contributed by atoms with Crippen LogP contribution in [0.4, 0.5) is 0 Å². The molecule has 0 amide bonds. The van der Waals surface area contributed by atoms with E-state index in [0.717, 1.165) is 6.42 Å². The molecule has 13 heavy (non-hydrogen) atoms. The first-order chi connectivity index (χ1) is 6.35. The Morgan fingerprint density at radius 3 is 2.85 bits per heavy atom. The summed E-state index contributed by atoms with van der Waals surface area (Å²) >= 11 is 0. The molecule has 1 aliphatic heterocycles. The first-order valence-electron chi connectivity index (χ1n) is 5.03. The van der Waals surface area contributed by atoms with Crippen LogP contribution in [0, 0.1) is 0 Å². The zero-order chi connectivity index (χ0) is 9.15. The summed E-state index contributed by atoms with van der Waals surface area (Å²) in [7, 11) is 0. The van der Waals surface area contributed by atoms with Crippen LogP contribution in [0.2, 0.25) is 0 Å². The normalized spacial score (nSPS) is 30.6. The predicted octanol–water partition coefficient (Wildman–Crippen LogP) is 2.79. The van der Waals surface area contributed by atoms with Gasteiger partial charge >= 0.3 is 0 Å². The largest absolute Gasteiger partial charge is 0.372 e. The van der Waals surface area contributed by atoms with Crippen LogP contribution in [0.15, 0.2) is 5.11 Å². The Labute approximate surface area is 77.9 Å². The minimum absolute atomic E-state index is 0.176. The highest BCUT2D eigenvalue weighted by Crippen LogP contribution is 2.43. The van der Waals surface area contributed by atoms with Crippen LogP contribution in [0.25, 0.3) is 10.4 Å². The van der Waals surface area contributed by atoms with E-state index in [1.165, 1.54) is 32.1 Å². The standard InChI is InChI=1S/C9H15N3O/c10-12-11-7-8-3-6-9(13-8)4-1-2-5-9/h8H,1-7H2. The first-order valence-corrected chi connectivity index (χ1v) is 5.03. The molecule has 1 spiro atoms. The third-order valence-electron chi connectivity index (χ3n) is 3.20. The molecule has 1 aliphatic carbocycles. The third kappa shape index (κ3) is 1.79. The Morgan fingerprint density at radius 2 is 2.15 bits per heavy atom. The first kappa shape index (κ1) is 8.85. The smallest absolute Gasteiger partial charge is 0.0687 e. The highest BCUT2D eigenvalue weighted by Gasteiger charge is 2.41. The van der Waals surface area contributed by atoms with Gasteiger partial charge in [0.2, 0.25) is 0 Å². The second-order valence-corrected chi connectivity index (χ2v) is 4.08. The topological polar surface area (TPSA) is 58.0 Å². The fourth-order valence-corrected chi connectivity index (χ4v) is 2.54. The summed E-state index contributed by atoms with van der Waals surface area (Å²) in [4.78, 5) is 2.76. The van der Waals surface area contributed by atoms with Crippen molar-refractivity contribution in [2.24, 2.45) is 5.11 Å². The SMILES string of the molecule is [N-]=[N+]=NCC1CCC2(CCCC2)O1. The maximum Gasteiger partial charge on any atom is 0.0687 e. The van der Waals surface area contributed by atoms with E-state index < -0.39 is 0 Å². The van der Waals surface area contributed by atoms with E-state index in [9.17, 15) is 0 Å². The van der Waals surface area contributed by atoms with Crippen LogP contribution in [0.5, 0.6) is 0 Å². The second kappa shape index (κ2) is 3.56. The van der Waals surface area contributed by atoms with Crippen molar-refractivity contribution in [1.82, 2.24) is 0 Å². The fourth-order valence-electron chi connectivity index (χ4n) is 2.54. The van der Waals surface area contributed by atoms with Gasteiger partial charge in [0, 0.05) is 4.91 Å². The number of azide groups is 1. The van der Waals surface area contributed by atoms with E-state index in [2.05, 4.69) is 10.0 Å². The molecule has 72 valence electrons. The molecule has 1 saturated heterocycles. The van der Waals surface area contributed by atoms with Crippen LogP contribution in [0.1, 0.15) is 38.5 Å². The molecule has 1 saturated carbocycles. The Bertz CT molecular complexity index is 229. The molecule has 4 nitrogen and oxygen atoms in total. The Balaban J connectivity index is 1.89. The molecule has 1 heterocycles.